The normalized spacial score (nSPS) is 18.6. The Labute approximate surface area is 153 Å². The first-order valence-corrected chi connectivity index (χ1v) is 9.90. The van der Waals surface area contributed by atoms with Gasteiger partial charge in [0.1, 0.15) is 4.90 Å². The third kappa shape index (κ3) is 4.84. The van der Waals surface area contributed by atoms with Crippen LogP contribution in [0.4, 0.5) is 5.69 Å². The van der Waals surface area contributed by atoms with Crippen molar-refractivity contribution in [2.45, 2.75) is 37.6 Å². The summed E-state index contributed by atoms with van der Waals surface area (Å²) >= 11 is 6.05. The molecule has 1 fully saturated rings. The molecule has 0 spiro atoms. The molecular formula is C16H21ClN4O3S. The van der Waals surface area contributed by atoms with Crippen molar-refractivity contribution in [3.05, 3.63) is 23.2 Å². The molecule has 1 aliphatic rings. The number of carbonyl (C=O) groups excluding carboxylic acids is 1. The second-order valence-electron chi connectivity index (χ2n) is 6.10. The van der Waals surface area contributed by atoms with Crippen LogP contribution in [-0.2, 0) is 14.8 Å². The van der Waals surface area contributed by atoms with Gasteiger partial charge >= 0.3 is 0 Å². The Kier molecular flexibility index (Phi) is 6.27. The molecule has 1 aliphatic heterocycles. The van der Waals surface area contributed by atoms with Crippen molar-refractivity contribution in [2.24, 2.45) is 5.92 Å². The van der Waals surface area contributed by atoms with Gasteiger partial charge in [-0.2, -0.15) is 5.26 Å². The summed E-state index contributed by atoms with van der Waals surface area (Å²) in [5.41, 5.74) is 0.375. The average molecular weight is 385 g/mol. The van der Waals surface area contributed by atoms with Crippen molar-refractivity contribution in [3.8, 4) is 6.19 Å². The van der Waals surface area contributed by atoms with E-state index < -0.39 is 10.0 Å². The monoisotopic (exact) mass is 384 g/mol. The number of sulfonamides is 1. The smallest absolute Gasteiger partial charge is 0.242 e. The summed E-state index contributed by atoms with van der Waals surface area (Å²) in [6, 6.07) is 4.01. The highest BCUT2D eigenvalue weighted by Gasteiger charge is 2.28. The van der Waals surface area contributed by atoms with E-state index in [0.717, 1.165) is 0 Å². The van der Waals surface area contributed by atoms with E-state index in [9.17, 15) is 13.2 Å². The number of carbonyl (C=O) groups is 1. The van der Waals surface area contributed by atoms with Crippen molar-refractivity contribution in [1.29, 1.82) is 5.26 Å². The molecule has 0 aliphatic carbocycles. The van der Waals surface area contributed by atoms with Crippen LogP contribution in [0, 0.1) is 17.4 Å². The van der Waals surface area contributed by atoms with E-state index in [4.69, 9.17) is 16.9 Å². The maximum atomic E-state index is 12.6. The zero-order chi connectivity index (χ0) is 18.6. The molecular weight excluding hydrogens is 364 g/mol. The molecule has 0 saturated carbocycles. The van der Waals surface area contributed by atoms with Crippen molar-refractivity contribution in [3.63, 3.8) is 0 Å². The third-order valence-corrected chi connectivity index (χ3v) is 6.20. The first-order chi connectivity index (χ1) is 11.8. The van der Waals surface area contributed by atoms with Gasteiger partial charge in [0.2, 0.25) is 15.9 Å². The van der Waals surface area contributed by atoms with Gasteiger partial charge in [-0.1, -0.05) is 25.4 Å². The highest BCUT2D eigenvalue weighted by molar-refractivity contribution is 7.89. The second kappa shape index (κ2) is 8.04. The predicted molar refractivity (Wildman–Crippen MR) is 95.4 cm³/mol. The SMILES string of the molecule is CCC(C)C(=O)Nc1ccc(Cl)c(S(=O)(=O)NC2CCN(C#N)C2)c1. The van der Waals surface area contributed by atoms with Gasteiger partial charge in [0.15, 0.2) is 6.19 Å². The van der Waals surface area contributed by atoms with Gasteiger partial charge in [-0.25, -0.2) is 13.1 Å². The molecule has 1 aromatic carbocycles. The number of nitriles is 1. The number of halogens is 1. The largest absolute Gasteiger partial charge is 0.326 e. The molecule has 9 heteroatoms. The van der Waals surface area contributed by atoms with E-state index in [1.807, 2.05) is 13.1 Å². The lowest BCUT2D eigenvalue weighted by Crippen LogP contribution is -2.36. The highest BCUT2D eigenvalue weighted by Crippen LogP contribution is 2.26. The molecule has 2 rings (SSSR count). The fourth-order valence-corrected chi connectivity index (χ4v) is 4.26. The van der Waals surface area contributed by atoms with Crippen LogP contribution >= 0.6 is 11.6 Å². The molecule has 25 heavy (non-hydrogen) atoms. The van der Waals surface area contributed by atoms with Gasteiger partial charge in [0.05, 0.1) is 5.02 Å². The van der Waals surface area contributed by atoms with E-state index in [0.29, 0.717) is 31.6 Å². The van der Waals surface area contributed by atoms with Crippen molar-refractivity contribution < 1.29 is 13.2 Å². The molecule has 2 atom stereocenters. The van der Waals surface area contributed by atoms with Crippen LogP contribution < -0.4 is 10.0 Å². The highest BCUT2D eigenvalue weighted by atomic mass is 35.5. The summed E-state index contributed by atoms with van der Waals surface area (Å²) in [6.07, 6.45) is 3.24. The van der Waals surface area contributed by atoms with Crippen molar-refractivity contribution in [1.82, 2.24) is 9.62 Å². The number of hydrogen-bond donors (Lipinski definition) is 2. The van der Waals surface area contributed by atoms with Crippen molar-refractivity contribution >= 4 is 33.2 Å². The maximum absolute atomic E-state index is 12.6. The molecule has 2 unspecified atom stereocenters. The predicted octanol–water partition coefficient (Wildman–Crippen LogP) is 2.16. The Morgan fingerprint density at radius 1 is 1.52 bits per heavy atom. The minimum Gasteiger partial charge on any atom is -0.326 e. The molecule has 1 saturated heterocycles. The van der Waals surface area contributed by atoms with E-state index >= 15 is 0 Å². The fourth-order valence-electron chi connectivity index (χ4n) is 2.47. The first-order valence-electron chi connectivity index (χ1n) is 8.04. The van der Waals surface area contributed by atoms with Gasteiger partial charge < -0.3 is 10.2 Å². The molecule has 2 N–H and O–H groups in total. The van der Waals surface area contributed by atoms with Gasteiger partial charge in [-0.15, -0.1) is 0 Å². The van der Waals surface area contributed by atoms with Crippen LogP contribution in [0.1, 0.15) is 26.7 Å². The number of hydrogen-bond acceptors (Lipinski definition) is 5. The molecule has 1 amide bonds. The molecule has 1 heterocycles. The number of nitrogens with zero attached hydrogens (tertiary/aromatic N) is 2. The van der Waals surface area contributed by atoms with Crippen LogP contribution in [0.15, 0.2) is 23.1 Å². The first kappa shape index (κ1) is 19.5. The van der Waals surface area contributed by atoms with Gasteiger partial charge in [-0.3, -0.25) is 4.79 Å². The Morgan fingerprint density at radius 3 is 2.84 bits per heavy atom. The zero-order valence-corrected chi connectivity index (χ0v) is 15.7. The van der Waals surface area contributed by atoms with E-state index in [1.165, 1.54) is 17.0 Å². The molecule has 0 aromatic heterocycles. The van der Waals surface area contributed by atoms with Crippen LogP contribution in [0.25, 0.3) is 0 Å². The maximum Gasteiger partial charge on any atom is 0.242 e. The molecule has 0 bridgehead atoms. The van der Waals surface area contributed by atoms with E-state index in [2.05, 4.69) is 10.0 Å². The summed E-state index contributed by atoms with van der Waals surface area (Å²) in [4.78, 5) is 13.4. The number of likely N-dealkylation sites (tertiary alicyclic amines) is 1. The van der Waals surface area contributed by atoms with Gasteiger partial charge in [0.25, 0.3) is 0 Å². The third-order valence-electron chi connectivity index (χ3n) is 4.20. The van der Waals surface area contributed by atoms with Crippen LogP contribution in [0.3, 0.4) is 0 Å². The number of rotatable bonds is 6. The molecule has 1 aromatic rings. The lowest BCUT2D eigenvalue weighted by atomic mass is 10.1. The topological polar surface area (TPSA) is 102 Å². The lowest BCUT2D eigenvalue weighted by molar-refractivity contribution is -0.119. The zero-order valence-electron chi connectivity index (χ0n) is 14.1. The second-order valence-corrected chi connectivity index (χ2v) is 8.19. The number of nitrogens with one attached hydrogen (secondary N) is 2. The van der Waals surface area contributed by atoms with Crippen LogP contribution in [0.5, 0.6) is 0 Å². The minimum atomic E-state index is -3.86. The summed E-state index contributed by atoms with van der Waals surface area (Å²) in [7, 11) is -3.86. The Bertz CT molecular complexity index is 791. The summed E-state index contributed by atoms with van der Waals surface area (Å²) in [5, 5.41) is 11.6. The van der Waals surface area contributed by atoms with Crippen molar-refractivity contribution in [2.75, 3.05) is 18.4 Å². The molecule has 0 radical (unpaired) electrons. The van der Waals surface area contributed by atoms with E-state index in [1.54, 1.807) is 13.0 Å². The quantitative estimate of drug-likeness (QED) is 0.731. The minimum absolute atomic E-state index is 0.0733. The van der Waals surface area contributed by atoms with Gasteiger partial charge in [-0.05, 0) is 31.0 Å². The van der Waals surface area contributed by atoms with E-state index in [-0.39, 0.29) is 27.8 Å². The van der Waals surface area contributed by atoms with Crippen LogP contribution in [0.2, 0.25) is 5.02 Å². The van der Waals surface area contributed by atoms with Crippen LogP contribution in [-0.4, -0.2) is 38.4 Å². The standard InChI is InChI=1S/C16H21ClN4O3S/c1-3-11(2)16(22)19-12-4-5-14(17)15(8-12)25(23,24)20-13-6-7-21(9-13)10-18/h4-5,8,11,13,20H,3,6-7,9H2,1-2H3,(H,19,22). The lowest BCUT2D eigenvalue weighted by Gasteiger charge is -2.15. The summed E-state index contributed by atoms with van der Waals surface area (Å²) in [6.45, 7) is 4.55. The average Bonchev–Trinajstić information content (AvgIpc) is 3.02. The number of anilines is 1. The Morgan fingerprint density at radius 2 is 2.24 bits per heavy atom. The fraction of sp³-hybridized carbons (Fsp3) is 0.500. The number of benzene rings is 1. The summed E-state index contributed by atoms with van der Waals surface area (Å²) in [5.74, 6) is -0.356. The molecule has 136 valence electrons. The van der Waals surface area contributed by atoms with Gasteiger partial charge in [0, 0.05) is 30.7 Å². The summed E-state index contributed by atoms with van der Waals surface area (Å²) < 4.78 is 27.8. The Balaban J connectivity index is 2.18. The molecule has 7 nitrogen and oxygen atoms in total. The Hall–Kier alpha value is -1.82. The number of amides is 1.